The number of nitrogens with zero attached hydrogens (tertiary/aromatic N) is 2. The number of alkyl halides is 3. The van der Waals surface area contributed by atoms with Crippen molar-refractivity contribution in [3.05, 3.63) is 76.3 Å². The lowest BCUT2D eigenvalue weighted by Gasteiger charge is -2.21. The molecule has 0 saturated carbocycles. The van der Waals surface area contributed by atoms with E-state index < -0.39 is 11.7 Å². The first-order chi connectivity index (χ1) is 16.7. The van der Waals surface area contributed by atoms with Crippen LogP contribution in [0.15, 0.2) is 48.5 Å². The molecule has 0 aliphatic rings. The quantitative estimate of drug-likeness (QED) is 0.348. The van der Waals surface area contributed by atoms with Crippen LogP contribution in [-0.4, -0.2) is 6.54 Å². The largest absolute Gasteiger partial charge is 0.456 e. The van der Waals surface area contributed by atoms with Gasteiger partial charge in [-0.2, -0.15) is 23.7 Å². The summed E-state index contributed by atoms with van der Waals surface area (Å²) < 4.78 is 48.0. The third kappa shape index (κ3) is 6.24. The summed E-state index contributed by atoms with van der Waals surface area (Å²) in [6.07, 6.45) is -3.73. The van der Waals surface area contributed by atoms with E-state index in [-0.39, 0.29) is 11.4 Å². The van der Waals surface area contributed by atoms with Gasteiger partial charge in [-0.05, 0) is 74.2 Å². The van der Waals surface area contributed by atoms with Gasteiger partial charge in [0.25, 0.3) is 0 Å². The molecule has 0 aromatic heterocycles. The standard InChI is InChI=1S/C27H25F3N4O/c1-4-33-23-14-22(27(28,29)30)25(15-24(23)34-21-9-7-19(16-32)8-10-21)35-26-17(2)12-20(6-5-11-31)13-18(26)3/h7-10,12-15,33-34H,4-6H2,1-3H3. The molecule has 3 rings (SSSR count). The monoisotopic (exact) mass is 478 g/mol. The summed E-state index contributed by atoms with van der Waals surface area (Å²) >= 11 is 0. The number of aryl methyl sites for hydroxylation is 3. The predicted octanol–water partition coefficient (Wildman–Crippen LogP) is 7.62. The van der Waals surface area contributed by atoms with Gasteiger partial charge in [-0.1, -0.05) is 12.1 Å². The zero-order valence-electron chi connectivity index (χ0n) is 19.7. The van der Waals surface area contributed by atoms with E-state index in [2.05, 4.69) is 16.7 Å². The van der Waals surface area contributed by atoms with Gasteiger partial charge in [-0.3, -0.25) is 0 Å². The highest BCUT2D eigenvalue weighted by molar-refractivity contribution is 5.78. The molecular weight excluding hydrogens is 453 g/mol. The first kappa shape index (κ1) is 25.5. The Bertz CT molecular complexity index is 1260. The van der Waals surface area contributed by atoms with Gasteiger partial charge in [-0.15, -0.1) is 0 Å². The molecule has 3 aromatic carbocycles. The van der Waals surface area contributed by atoms with E-state index >= 15 is 0 Å². The summed E-state index contributed by atoms with van der Waals surface area (Å²) in [5, 5.41) is 23.9. The molecule has 0 fully saturated rings. The molecule has 35 heavy (non-hydrogen) atoms. The van der Waals surface area contributed by atoms with E-state index in [1.165, 1.54) is 6.07 Å². The van der Waals surface area contributed by atoms with Gasteiger partial charge < -0.3 is 15.4 Å². The van der Waals surface area contributed by atoms with E-state index in [4.69, 9.17) is 15.3 Å². The average Bonchev–Trinajstić information content (AvgIpc) is 2.81. The van der Waals surface area contributed by atoms with Gasteiger partial charge in [0.15, 0.2) is 0 Å². The molecule has 2 N–H and O–H groups in total. The van der Waals surface area contributed by atoms with Crippen molar-refractivity contribution in [3.8, 4) is 23.6 Å². The molecule has 180 valence electrons. The van der Waals surface area contributed by atoms with Crippen LogP contribution >= 0.6 is 0 Å². The molecule has 3 aromatic rings. The molecule has 5 nitrogen and oxygen atoms in total. The highest BCUT2D eigenvalue weighted by atomic mass is 19.4. The molecule has 0 aliphatic carbocycles. The number of nitriles is 2. The topological polar surface area (TPSA) is 80.9 Å². The Morgan fingerprint density at radius 2 is 1.60 bits per heavy atom. The van der Waals surface area contributed by atoms with Crippen LogP contribution in [0.4, 0.5) is 30.2 Å². The van der Waals surface area contributed by atoms with E-state index in [1.54, 1.807) is 45.0 Å². The minimum atomic E-state index is -4.64. The SMILES string of the molecule is CCNc1cc(C(F)(F)F)c(Oc2c(C)cc(CCC#N)cc2C)cc1Nc1ccc(C#N)cc1. The van der Waals surface area contributed by atoms with Crippen molar-refractivity contribution in [1.82, 2.24) is 0 Å². The number of rotatable bonds is 8. The lowest BCUT2D eigenvalue weighted by atomic mass is 10.0. The van der Waals surface area contributed by atoms with Gasteiger partial charge in [-0.25, -0.2) is 0 Å². The number of halogens is 3. The number of nitrogens with one attached hydrogen (secondary N) is 2. The Morgan fingerprint density at radius 3 is 2.14 bits per heavy atom. The van der Waals surface area contributed by atoms with Crippen LogP contribution in [0.1, 0.15) is 41.2 Å². The van der Waals surface area contributed by atoms with Gasteiger partial charge in [0.05, 0.1) is 29.1 Å². The van der Waals surface area contributed by atoms with Crippen molar-refractivity contribution >= 4 is 17.1 Å². The molecule has 0 spiro atoms. The third-order valence-corrected chi connectivity index (χ3v) is 5.34. The maximum Gasteiger partial charge on any atom is 0.420 e. The van der Waals surface area contributed by atoms with Crippen LogP contribution in [-0.2, 0) is 12.6 Å². The third-order valence-electron chi connectivity index (χ3n) is 5.34. The molecule has 0 heterocycles. The molecule has 0 saturated heterocycles. The summed E-state index contributed by atoms with van der Waals surface area (Å²) in [4.78, 5) is 0. The van der Waals surface area contributed by atoms with Gasteiger partial charge in [0.1, 0.15) is 17.1 Å². The Hall–Kier alpha value is -4.17. The molecule has 8 heteroatoms. The van der Waals surface area contributed by atoms with Crippen LogP contribution in [0.5, 0.6) is 11.5 Å². The zero-order valence-corrected chi connectivity index (χ0v) is 19.7. The average molecular weight is 479 g/mol. The Labute approximate surface area is 202 Å². The summed E-state index contributed by atoms with van der Waals surface area (Å²) in [7, 11) is 0. The maximum absolute atomic E-state index is 14.0. The van der Waals surface area contributed by atoms with Crippen molar-refractivity contribution in [2.75, 3.05) is 17.2 Å². The van der Waals surface area contributed by atoms with Crippen LogP contribution in [0.25, 0.3) is 0 Å². The van der Waals surface area contributed by atoms with E-state index in [1.807, 2.05) is 18.2 Å². The van der Waals surface area contributed by atoms with Gasteiger partial charge >= 0.3 is 6.18 Å². The summed E-state index contributed by atoms with van der Waals surface area (Å²) in [5.41, 5.74) is 3.16. The summed E-state index contributed by atoms with van der Waals surface area (Å²) in [5.74, 6) is 0.0167. The molecule has 0 bridgehead atoms. The summed E-state index contributed by atoms with van der Waals surface area (Å²) in [6, 6.07) is 16.8. The minimum absolute atomic E-state index is 0.275. The minimum Gasteiger partial charge on any atom is -0.456 e. The first-order valence-corrected chi connectivity index (χ1v) is 11.1. The Kier molecular flexibility index (Phi) is 7.88. The lowest BCUT2D eigenvalue weighted by Crippen LogP contribution is -2.11. The smallest absolute Gasteiger partial charge is 0.420 e. The lowest BCUT2D eigenvalue weighted by molar-refractivity contribution is -0.138. The highest BCUT2D eigenvalue weighted by Gasteiger charge is 2.36. The maximum atomic E-state index is 14.0. The fourth-order valence-electron chi connectivity index (χ4n) is 3.76. The second kappa shape index (κ2) is 10.8. The van der Waals surface area contributed by atoms with E-state index in [0.29, 0.717) is 53.2 Å². The molecule has 0 atom stereocenters. The van der Waals surface area contributed by atoms with Crippen LogP contribution in [0.3, 0.4) is 0 Å². The fraction of sp³-hybridized carbons (Fsp3) is 0.259. The number of ether oxygens (including phenoxy) is 1. The fourth-order valence-corrected chi connectivity index (χ4v) is 3.76. The van der Waals surface area contributed by atoms with Crippen LogP contribution < -0.4 is 15.4 Å². The van der Waals surface area contributed by atoms with Crippen LogP contribution in [0, 0.1) is 36.5 Å². The van der Waals surface area contributed by atoms with E-state index in [9.17, 15) is 13.2 Å². The molecule has 0 unspecified atom stereocenters. The molecule has 0 aliphatic heterocycles. The zero-order chi connectivity index (χ0) is 25.6. The number of benzene rings is 3. The molecule has 0 radical (unpaired) electrons. The molecule has 0 amide bonds. The first-order valence-electron chi connectivity index (χ1n) is 11.1. The van der Waals surface area contributed by atoms with Crippen molar-refractivity contribution in [1.29, 1.82) is 10.5 Å². The number of anilines is 3. The van der Waals surface area contributed by atoms with Gasteiger partial charge in [0.2, 0.25) is 0 Å². The second-order valence-electron chi connectivity index (χ2n) is 8.06. The number of hydrogen-bond acceptors (Lipinski definition) is 5. The van der Waals surface area contributed by atoms with Crippen molar-refractivity contribution in [2.24, 2.45) is 0 Å². The van der Waals surface area contributed by atoms with Gasteiger partial charge in [0, 0.05) is 24.7 Å². The second-order valence-corrected chi connectivity index (χ2v) is 8.06. The normalized spacial score (nSPS) is 10.9. The van der Waals surface area contributed by atoms with E-state index in [0.717, 1.165) is 11.6 Å². The van der Waals surface area contributed by atoms with Crippen molar-refractivity contribution < 1.29 is 17.9 Å². The van der Waals surface area contributed by atoms with Crippen molar-refractivity contribution in [2.45, 2.75) is 39.8 Å². The predicted molar refractivity (Wildman–Crippen MR) is 130 cm³/mol. The Morgan fingerprint density at radius 1 is 0.943 bits per heavy atom. The molecular formula is C27H25F3N4O. The van der Waals surface area contributed by atoms with Crippen molar-refractivity contribution in [3.63, 3.8) is 0 Å². The Balaban J connectivity index is 2.07. The number of hydrogen-bond donors (Lipinski definition) is 2. The summed E-state index contributed by atoms with van der Waals surface area (Å²) in [6.45, 7) is 5.76. The van der Waals surface area contributed by atoms with Crippen LogP contribution in [0.2, 0.25) is 0 Å². The highest BCUT2D eigenvalue weighted by Crippen LogP contribution is 2.44.